The lowest BCUT2D eigenvalue weighted by Crippen LogP contribution is -2.21. The zero-order valence-electron chi connectivity index (χ0n) is 6.56. The summed E-state index contributed by atoms with van der Waals surface area (Å²) in [5.74, 6) is 0. The zero-order valence-corrected chi connectivity index (χ0v) is 6.56. The second-order valence-electron chi connectivity index (χ2n) is 3.02. The molecule has 0 N–H and O–H groups in total. The third kappa shape index (κ3) is 1.07. The molecule has 0 atom stereocenters. The Morgan fingerprint density at radius 2 is 2.25 bits per heavy atom. The fourth-order valence-electron chi connectivity index (χ4n) is 1.26. The number of nitrogens with zero attached hydrogens (tertiary/aromatic N) is 1. The maximum absolute atomic E-state index is 11.4. The van der Waals surface area contributed by atoms with Gasteiger partial charge in [-0.25, -0.2) is 0 Å². The van der Waals surface area contributed by atoms with E-state index < -0.39 is 0 Å². The van der Waals surface area contributed by atoms with Crippen LogP contribution in [0.5, 0.6) is 0 Å². The monoisotopic (exact) mass is 163 g/mol. The summed E-state index contributed by atoms with van der Waals surface area (Å²) in [6.45, 7) is 0. The normalized spacial score (nSPS) is 16.0. The SMILES string of the molecule is O=Cc1cccn(C2CC2)c1=O. The van der Waals surface area contributed by atoms with Crippen LogP contribution in [0, 0.1) is 0 Å². The third-order valence-corrected chi connectivity index (χ3v) is 2.07. The summed E-state index contributed by atoms with van der Waals surface area (Å²) in [5.41, 5.74) is 0.0967. The fourth-order valence-corrected chi connectivity index (χ4v) is 1.26. The first-order valence-electron chi connectivity index (χ1n) is 3.99. The van der Waals surface area contributed by atoms with Crippen LogP contribution in [-0.2, 0) is 0 Å². The van der Waals surface area contributed by atoms with Crippen LogP contribution >= 0.6 is 0 Å². The van der Waals surface area contributed by atoms with Crippen molar-refractivity contribution in [3.63, 3.8) is 0 Å². The topological polar surface area (TPSA) is 39.1 Å². The van der Waals surface area contributed by atoms with E-state index in [9.17, 15) is 9.59 Å². The van der Waals surface area contributed by atoms with Gasteiger partial charge in [0.25, 0.3) is 5.56 Å². The predicted molar refractivity (Wildman–Crippen MR) is 44.4 cm³/mol. The predicted octanol–water partition coefficient (Wildman–Crippen LogP) is 0.996. The molecule has 0 bridgehead atoms. The van der Waals surface area contributed by atoms with E-state index in [0.717, 1.165) is 12.8 Å². The first-order chi connectivity index (χ1) is 5.83. The van der Waals surface area contributed by atoms with Gasteiger partial charge in [-0.3, -0.25) is 9.59 Å². The Morgan fingerprint density at radius 1 is 1.50 bits per heavy atom. The summed E-state index contributed by atoms with van der Waals surface area (Å²) in [6, 6.07) is 3.63. The molecule has 2 rings (SSSR count). The van der Waals surface area contributed by atoms with Crippen LogP contribution in [0.4, 0.5) is 0 Å². The van der Waals surface area contributed by atoms with Crippen molar-refractivity contribution >= 4 is 6.29 Å². The van der Waals surface area contributed by atoms with E-state index in [1.165, 1.54) is 0 Å². The van der Waals surface area contributed by atoms with Crippen LogP contribution in [-0.4, -0.2) is 10.9 Å². The number of carbonyl (C=O) groups is 1. The minimum atomic E-state index is -0.157. The van der Waals surface area contributed by atoms with E-state index in [-0.39, 0.29) is 11.1 Å². The summed E-state index contributed by atoms with van der Waals surface area (Å²) in [4.78, 5) is 21.8. The van der Waals surface area contributed by atoms with E-state index in [4.69, 9.17) is 0 Å². The summed E-state index contributed by atoms with van der Waals surface area (Å²) in [7, 11) is 0. The molecule has 0 spiro atoms. The molecule has 3 nitrogen and oxygen atoms in total. The fraction of sp³-hybridized carbons (Fsp3) is 0.333. The van der Waals surface area contributed by atoms with Crippen molar-refractivity contribution < 1.29 is 4.79 Å². The van der Waals surface area contributed by atoms with Crippen LogP contribution in [0.1, 0.15) is 29.2 Å². The highest BCUT2D eigenvalue weighted by atomic mass is 16.1. The van der Waals surface area contributed by atoms with Crippen LogP contribution in [0.3, 0.4) is 0 Å². The standard InChI is InChI=1S/C9H9NO2/c11-6-7-2-1-5-10(9(7)12)8-3-4-8/h1-2,5-6,8H,3-4H2. The number of pyridine rings is 1. The van der Waals surface area contributed by atoms with Crippen molar-refractivity contribution in [3.05, 3.63) is 34.2 Å². The summed E-state index contributed by atoms with van der Waals surface area (Å²) in [5, 5.41) is 0. The van der Waals surface area contributed by atoms with Gasteiger partial charge in [0.1, 0.15) is 0 Å². The van der Waals surface area contributed by atoms with Crippen LogP contribution in [0.25, 0.3) is 0 Å². The highest BCUT2D eigenvalue weighted by molar-refractivity contribution is 5.73. The van der Waals surface area contributed by atoms with Gasteiger partial charge in [-0.2, -0.15) is 0 Å². The lowest BCUT2D eigenvalue weighted by atomic mass is 10.3. The molecule has 1 heterocycles. The lowest BCUT2D eigenvalue weighted by molar-refractivity contribution is 0.112. The maximum Gasteiger partial charge on any atom is 0.261 e. The van der Waals surface area contributed by atoms with Gasteiger partial charge >= 0.3 is 0 Å². The molecule has 0 radical (unpaired) electrons. The molecule has 1 aliphatic rings. The van der Waals surface area contributed by atoms with Gasteiger partial charge in [-0.05, 0) is 25.0 Å². The highest BCUT2D eigenvalue weighted by Crippen LogP contribution is 2.33. The molecular weight excluding hydrogens is 154 g/mol. The molecule has 0 amide bonds. The minimum absolute atomic E-state index is 0.157. The Bertz CT molecular complexity index is 363. The molecule has 0 aromatic carbocycles. The largest absolute Gasteiger partial charge is 0.312 e. The van der Waals surface area contributed by atoms with Gasteiger partial charge in [0.2, 0.25) is 0 Å². The Labute approximate surface area is 69.6 Å². The van der Waals surface area contributed by atoms with E-state index in [1.807, 2.05) is 0 Å². The average Bonchev–Trinajstić information content (AvgIpc) is 2.88. The molecule has 1 aliphatic carbocycles. The molecule has 0 aliphatic heterocycles. The Balaban J connectivity index is 2.54. The number of rotatable bonds is 2. The van der Waals surface area contributed by atoms with Gasteiger partial charge in [-0.1, -0.05) is 0 Å². The van der Waals surface area contributed by atoms with E-state index in [2.05, 4.69) is 0 Å². The van der Waals surface area contributed by atoms with Crippen molar-refractivity contribution in [1.82, 2.24) is 4.57 Å². The first kappa shape index (κ1) is 7.28. The van der Waals surface area contributed by atoms with Crippen LogP contribution < -0.4 is 5.56 Å². The van der Waals surface area contributed by atoms with Gasteiger partial charge < -0.3 is 4.57 Å². The molecule has 1 aromatic rings. The molecule has 1 saturated carbocycles. The van der Waals surface area contributed by atoms with E-state index >= 15 is 0 Å². The Kier molecular flexibility index (Phi) is 1.57. The van der Waals surface area contributed by atoms with E-state index in [1.54, 1.807) is 22.9 Å². The first-order valence-corrected chi connectivity index (χ1v) is 3.99. The van der Waals surface area contributed by atoms with Crippen molar-refractivity contribution in [2.45, 2.75) is 18.9 Å². The minimum Gasteiger partial charge on any atom is -0.312 e. The van der Waals surface area contributed by atoms with Gasteiger partial charge in [0.05, 0.1) is 5.56 Å². The van der Waals surface area contributed by atoms with Crippen LogP contribution in [0.15, 0.2) is 23.1 Å². The number of aromatic nitrogens is 1. The van der Waals surface area contributed by atoms with Crippen molar-refractivity contribution in [2.75, 3.05) is 0 Å². The molecular formula is C9H9NO2. The molecule has 0 saturated heterocycles. The average molecular weight is 163 g/mol. The number of hydrogen-bond acceptors (Lipinski definition) is 2. The van der Waals surface area contributed by atoms with Crippen molar-refractivity contribution in [3.8, 4) is 0 Å². The molecule has 0 unspecified atom stereocenters. The number of carbonyl (C=O) groups excluding carboxylic acids is 1. The Hall–Kier alpha value is -1.38. The van der Waals surface area contributed by atoms with Crippen molar-refractivity contribution in [2.24, 2.45) is 0 Å². The summed E-state index contributed by atoms with van der Waals surface area (Å²) < 4.78 is 1.64. The number of hydrogen-bond donors (Lipinski definition) is 0. The molecule has 1 aromatic heterocycles. The van der Waals surface area contributed by atoms with E-state index in [0.29, 0.717) is 12.3 Å². The summed E-state index contributed by atoms with van der Waals surface area (Å²) in [6.07, 6.45) is 4.47. The molecule has 3 heteroatoms. The van der Waals surface area contributed by atoms with Crippen molar-refractivity contribution in [1.29, 1.82) is 0 Å². The summed E-state index contributed by atoms with van der Waals surface area (Å²) >= 11 is 0. The highest BCUT2D eigenvalue weighted by Gasteiger charge is 2.24. The lowest BCUT2D eigenvalue weighted by Gasteiger charge is -2.01. The zero-order chi connectivity index (χ0) is 8.55. The number of aldehydes is 1. The second-order valence-corrected chi connectivity index (χ2v) is 3.02. The third-order valence-electron chi connectivity index (χ3n) is 2.07. The van der Waals surface area contributed by atoms with Gasteiger partial charge in [-0.15, -0.1) is 0 Å². The Morgan fingerprint density at radius 3 is 2.83 bits per heavy atom. The molecule has 1 fully saturated rings. The smallest absolute Gasteiger partial charge is 0.261 e. The second kappa shape index (κ2) is 2.59. The molecule has 12 heavy (non-hydrogen) atoms. The molecule has 62 valence electrons. The quantitative estimate of drug-likeness (QED) is 0.610. The van der Waals surface area contributed by atoms with Crippen LogP contribution in [0.2, 0.25) is 0 Å². The van der Waals surface area contributed by atoms with Gasteiger partial charge in [0, 0.05) is 12.2 Å². The maximum atomic E-state index is 11.4. The van der Waals surface area contributed by atoms with Gasteiger partial charge in [0.15, 0.2) is 6.29 Å².